The zero-order valence-corrected chi connectivity index (χ0v) is 17.4. The Hall–Kier alpha value is -2.22. The molecular formula is C25H34N2. The van der Waals surface area contributed by atoms with Crippen LogP contribution in [0.1, 0.15) is 53.4 Å². The van der Waals surface area contributed by atoms with Crippen molar-refractivity contribution in [2.75, 3.05) is 11.4 Å². The van der Waals surface area contributed by atoms with Gasteiger partial charge in [-0.1, -0.05) is 56.4 Å². The first-order chi connectivity index (χ1) is 13.2. The van der Waals surface area contributed by atoms with Crippen LogP contribution in [0, 0.1) is 5.92 Å². The summed E-state index contributed by atoms with van der Waals surface area (Å²) in [6, 6.07) is 10.9. The summed E-state index contributed by atoms with van der Waals surface area (Å²) in [5, 5.41) is 0. The van der Waals surface area contributed by atoms with E-state index in [9.17, 15) is 0 Å². The molecule has 1 aromatic rings. The smallest absolute Gasteiger partial charge is 0.106 e. The minimum Gasteiger partial charge on any atom is -0.350 e. The van der Waals surface area contributed by atoms with Crippen molar-refractivity contribution in [2.45, 2.75) is 59.5 Å². The molecule has 0 fully saturated rings. The Labute approximate surface area is 165 Å². The molecule has 1 aliphatic carbocycles. The van der Waals surface area contributed by atoms with Gasteiger partial charge < -0.3 is 9.80 Å². The molecule has 2 atom stereocenters. The number of nitrogens with zero attached hydrogens (tertiary/aromatic N) is 2. The Morgan fingerprint density at radius 3 is 2.56 bits per heavy atom. The van der Waals surface area contributed by atoms with Crippen LogP contribution < -0.4 is 4.90 Å². The van der Waals surface area contributed by atoms with Crippen LogP contribution in [0.2, 0.25) is 0 Å². The largest absolute Gasteiger partial charge is 0.350 e. The maximum atomic E-state index is 2.66. The number of rotatable bonds is 6. The van der Waals surface area contributed by atoms with Crippen molar-refractivity contribution in [3.8, 4) is 0 Å². The van der Waals surface area contributed by atoms with Crippen molar-refractivity contribution in [3.63, 3.8) is 0 Å². The fourth-order valence-electron chi connectivity index (χ4n) is 4.31. The van der Waals surface area contributed by atoms with Crippen LogP contribution >= 0.6 is 0 Å². The lowest BCUT2D eigenvalue weighted by atomic mass is 9.90. The summed E-state index contributed by atoms with van der Waals surface area (Å²) in [4.78, 5) is 5.19. The SMILES string of the molecule is CCC=CCC1CC=CC=C1N1CC(C)=C(C)N(c2ccccc2)C1CC. The van der Waals surface area contributed by atoms with Gasteiger partial charge in [-0.15, -0.1) is 0 Å². The predicted octanol–water partition coefficient (Wildman–Crippen LogP) is 6.65. The van der Waals surface area contributed by atoms with Gasteiger partial charge >= 0.3 is 0 Å². The molecule has 144 valence electrons. The second-order valence-electron chi connectivity index (χ2n) is 7.66. The van der Waals surface area contributed by atoms with E-state index in [0.29, 0.717) is 12.1 Å². The summed E-state index contributed by atoms with van der Waals surface area (Å²) < 4.78 is 0. The molecule has 0 saturated carbocycles. The molecule has 0 N–H and O–H groups in total. The van der Waals surface area contributed by atoms with Gasteiger partial charge in [0.15, 0.2) is 0 Å². The average Bonchev–Trinajstić information content (AvgIpc) is 2.71. The number of hydrogen-bond acceptors (Lipinski definition) is 2. The second-order valence-corrected chi connectivity index (χ2v) is 7.66. The molecule has 27 heavy (non-hydrogen) atoms. The van der Waals surface area contributed by atoms with Crippen LogP contribution in [0.25, 0.3) is 0 Å². The van der Waals surface area contributed by atoms with Crippen LogP contribution in [0.15, 0.2) is 77.7 Å². The van der Waals surface area contributed by atoms with Gasteiger partial charge in [0.2, 0.25) is 0 Å². The molecule has 0 saturated heterocycles. The van der Waals surface area contributed by atoms with Crippen molar-refractivity contribution >= 4 is 5.69 Å². The van der Waals surface area contributed by atoms with Crippen molar-refractivity contribution < 1.29 is 0 Å². The third-order valence-corrected chi connectivity index (χ3v) is 5.84. The Kier molecular flexibility index (Phi) is 6.60. The minimum absolute atomic E-state index is 0.367. The van der Waals surface area contributed by atoms with Gasteiger partial charge in [-0.2, -0.15) is 0 Å². The second kappa shape index (κ2) is 9.12. The molecule has 0 aromatic heterocycles. The molecule has 2 heteroatoms. The molecule has 2 aliphatic rings. The summed E-state index contributed by atoms with van der Waals surface area (Å²) in [6.45, 7) is 10.1. The molecule has 0 spiro atoms. The molecule has 2 nitrogen and oxygen atoms in total. The molecule has 0 bridgehead atoms. The molecule has 0 amide bonds. The van der Waals surface area contributed by atoms with E-state index in [2.05, 4.69) is 98.2 Å². The van der Waals surface area contributed by atoms with Crippen molar-refractivity contribution in [1.29, 1.82) is 0 Å². The van der Waals surface area contributed by atoms with E-state index in [4.69, 9.17) is 0 Å². The topological polar surface area (TPSA) is 6.48 Å². The quantitative estimate of drug-likeness (QED) is 0.522. The highest BCUT2D eigenvalue weighted by molar-refractivity contribution is 5.55. The molecule has 1 aliphatic heterocycles. The third kappa shape index (κ3) is 4.21. The lowest BCUT2D eigenvalue weighted by Gasteiger charge is -2.49. The van der Waals surface area contributed by atoms with Crippen LogP contribution in [-0.2, 0) is 0 Å². The fourth-order valence-corrected chi connectivity index (χ4v) is 4.31. The standard InChI is InChI=1S/C25H34N2/c1-5-7-9-14-22-15-12-13-18-24(22)26-19-20(3)21(4)27(25(26)6-2)23-16-10-8-11-17-23/h7-13,16-18,22,25H,5-6,14-15,19H2,1-4H3. The van der Waals surface area contributed by atoms with Gasteiger partial charge in [0, 0.05) is 29.5 Å². The lowest BCUT2D eigenvalue weighted by molar-refractivity contribution is 0.219. The Balaban J connectivity index is 1.95. The fraction of sp³-hybridized carbons (Fsp3) is 0.440. The molecule has 2 unspecified atom stereocenters. The zero-order chi connectivity index (χ0) is 19.2. The van der Waals surface area contributed by atoms with Gasteiger partial charge in [-0.3, -0.25) is 0 Å². The van der Waals surface area contributed by atoms with Crippen molar-refractivity contribution in [2.24, 2.45) is 5.92 Å². The van der Waals surface area contributed by atoms with E-state index in [1.165, 1.54) is 22.7 Å². The van der Waals surface area contributed by atoms with Gasteiger partial charge in [-0.05, 0) is 63.3 Å². The Morgan fingerprint density at radius 1 is 1.07 bits per heavy atom. The highest BCUT2D eigenvalue weighted by Gasteiger charge is 2.34. The van der Waals surface area contributed by atoms with Gasteiger partial charge in [-0.25, -0.2) is 0 Å². The van der Waals surface area contributed by atoms with Gasteiger partial charge in [0.1, 0.15) is 6.17 Å². The lowest BCUT2D eigenvalue weighted by Crippen LogP contribution is -2.52. The number of para-hydroxylation sites is 1. The highest BCUT2D eigenvalue weighted by Crippen LogP contribution is 2.37. The Morgan fingerprint density at radius 2 is 1.85 bits per heavy atom. The van der Waals surface area contributed by atoms with Crippen LogP contribution in [-0.4, -0.2) is 17.6 Å². The number of allylic oxidation sites excluding steroid dienone is 7. The van der Waals surface area contributed by atoms with Crippen LogP contribution in [0.5, 0.6) is 0 Å². The molecule has 0 radical (unpaired) electrons. The number of anilines is 1. The van der Waals surface area contributed by atoms with Crippen LogP contribution in [0.4, 0.5) is 5.69 Å². The maximum absolute atomic E-state index is 2.66. The first-order valence-electron chi connectivity index (χ1n) is 10.5. The molecule has 1 heterocycles. The van der Waals surface area contributed by atoms with E-state index in [0.717, 1.165) is 32.2 Å². The van der Waals surface area contributed by atoms with E-state index in [-0.39, 0.29) is 0 Å². The van der Waals surface area contributed by atoms with E-state index >= 15 is 0 Å². The normalized spacial score (nSPS) is 23.3. The minimum atomic E-state index is 0.367. The summed E-state index contributed by atoms with van der Waals surface area (Å²) >= 11 is 0. The monoisotopic (exact) mass is 362 g/mol. The molecular weight excluding hydrogens is 328 g/mol. The summed E-state index contributed by atoms with van der Waals surface area (Å²) in [7, 11) is 0. The first kappa shape index (κ1) is 19.5. The number of hydrogen-bond donors (Lipinski definition) is 0. The predicted molar refractivity (Wildman–Crippen MR) is 117 cm³/mol. The third-order valence-electron chi connectivity index (χ3n) is 5.84. The van der Waals surface area contributed by atoms with E-state index in [1.54, 1.807) is 0 Å². The van der Waals surface area contributed by atoms with E-state index < -0.39 is 0 Å². The van der Waals surface area contributed by atoms with E-state index in [1.807, 2.05) is 0 Å². The first-order valence-corrected chi connectivity index (χ1v) is 10.5. The average molecular weight is 363 g/mol. The molecule has 3 rings (SSSR count). The summed E-state index contributed by atoms with van der Waals surface area (Å²) in [5.41, 5.74) is 5.65. The zero-order valence-electron chi connectivity index (χ0n) is 17.4. The molecule has 1 aromatic carbocycles. The van der Waals surface area contributed by atoms with Crippen molar-refractivity contribution in [1.82, 2.24) is 4.90 Å². The highest BCUT2D eigenvalue weighted by atomic mass is 15.4. The van der Waals surface area contributed by atoms with Gasteiger partial charge in [0.05, 0.1) is 0 Å². The number of benzene rings is 1. The van der Waals surface area contributed by atoms with Crippen molar-refractivity contribution in [3.05, 3.63) is 77.7 Å². The summed E-state index contributed by atoms with van der Waals surface area (Å²) in [6.07, 6.45) is 16.4. The van der Waals surface area contributed by atoms with Gasteiger partial charge in [0.25, 0.3) is 0 Å². The summed E-state index contributed by atoms with van der Waals surface area (Å²) in [5.74, 6) is 0.579. The van der Waals surface area contributed by atoms with Crippen LogP contribution in [0.3, 0.4) is 0 Å². The Bertz CT molecular complexity index is 739. The maximum Gasteiger partial charge on any atom is 0.106 e.